The first-order valence-electron chi connectivity index (χ1n) is 4.72. The molecule has 0 aliphatic heterocycles. The molecule has 5 nitrogen and oxygen atoms in total. The number of nitrogens with one attached hydrogen (secondary N) is 2. The summed E-state index contributed by atoms with van der Waals surface area (Å²) in [4.78, 5) is 21.9. The molecule has 0 aliphatic carbocycles. The molecule has 1 atom stereocenters. The molecule has 0 heterocycles. The summed E-state index contributed by atoms with van der Waals surface area (Å²) in [5.74, 6) is -0.548. The maximum Gasteiger partial charge on any atom is 0.318 e. The lowest BCUT2D eigenvalue weighted by molar-refractivity contribution is -0.120. The molecule has 0 bridgehead atoms. The van der Waals surface area contributed by atoms with Gasteiger partial charge in [-0.15, -0.1) is 0 Å². The number of carbonyl (C=O) groups is 2. The summed E-state index contributed by atoms with van der Waals surface area (Å²) >= 11 is 11.7. The van der Waals surface area contributed by atoms with Crippen LogP contribution in [0.2, 0.25) is 10.0 Å². The zero-order valence-electron chi connectivity index (χ0n) is 8.96. The van der Waals surface area contributed by atoms with Crippen LogP contribution in [0.25, 0.3) is 0 Å². The Hall–Kier alpha value is -1.46. The van der Waals surface area contributed by atoms with E-state index in [0.717, 1.165) is 0 Å². The monoisotopic (exact) mass is 275 g/mol. The lowest BCUT2D eigenvalue weighted by Gasteiger charge is -2.15. The third kappa shape index (κ3) is 4.13. The molecule has 0 fully saturated rings. The molecule has 1 aromatic carbocycles. The number of carbonyl (C=O) groups excluding carboxylic acids is 2. The topological polar surface area (TPSA) is 84.2 Å². The van der Waals surface area contributed by atoms with Crippen LogP contribution >= 0.6 is 23.2 Å². The maximum atomic E-state index is 11.4. The summed E-state index contributed by atoms with van der Waals surface area (Å²) < 4.78 is 0. The molecule has 1 unspecified atom stereocenters. The Labute approximate surface area is 108 Å². The number of benzene rings is 1. The van der Waals surface area contributed by atoms with Crippen LogP contribution in [-0.2, 0) is 4.79 Å². The normalized spacial score (nSPS) is 11.7. The summed E-state index contributed by atoms with van der Waals surface area (Å²) in [6, 6.07) is 3.24. The van der Waals surface area contributed by atoms with Crippen LogP contribution < -0.4 is 16.4 Å². The fraction of sp³-hybridized carbons (Fsp3) is 0.200. The third-order valence-electron chi connectivity index (χ3n) is 1.94. The fourth-order valence-corrected chi connectivity index (χ4v) is 1.48. The zero-order valence-corrected chi connectivity index (χ0v) is 10.5. The number of hydrogen-bond donors (Lipinski definition) is 3. The van der Waals surface area contributed by atoms with E-state index in [-0.39, 0.29) is 0 Å². The van der Waals surface area contributed by atoms with Gasteiger partial charge in [0, 0.05) is 5.02 Å². The second-order valence-corrected chi connectivity index (χ2v) is 4.19. The predicted octanol–water partition coefficient (Wildman–Crippen LogP) is 1.99. The van der Waals surface area contributed by atoms with Crippen molar-refractivity contribution in [2.24, 2.45) is 5.73 Å². The van der Waals surface area contributed by atoms with Gasteiger partial charge in [0.2, 0.25) is 5.91 Å². The molecular formula is C10H11Cl2N3O2. The van der Waals surface area contributed by atoms with Gasteiger partial charge in [0.05, 0.1) is 10.7 Å². The van der Waals surface area contributed by atoms with Crippen molar-refractivity contribution in [2.75, 3.05) is 5.32 Å². The van der Waals surface area contributed by atoms with E-state index in [9.17, 15) is 9.59 Å². The minimum absolute atomic E-state index is 0.424. The molecule has 92 valence electrons. The summed E-state index contributed by atoms with van der Waals surface area (Å²) in [7, 11) is 0. The number of hydrogen-bond acceptors (Lipinski definition) is 3. The first-order valence-corrected chi connectivity index (χ1v) is 5.47. The van der Waals surface area contributed by atoms with Crippen LogP contribution in [0.15, 0.2) is 18.2 Å². The highest BCUT2D eigenvalue weighted by molar-refractivity contribution is 6.35. The van der Waals surface area contributed by atoms with Gasteiger partial charge in [0.25, 0.3) is 0 Å². The number of halogens is 2. The molecule has 17 heavy (non-hydrogen) atoms. The van der Waals surface area contributed by atoms with Gasteiger partial charge in [-0.2, -0.15) is 0 Å². The summed E-state index contributed by atoms with van der Waals surface area (Å²) in [5, 5.41) is 5.69. The highest BCUT2D eigenvalue weighted by Gasteiger charge is 2.15. The van der Waals surface area contributed by atoms with E-state index in [0.29, 0.717) is 15.7 Å². The molecule has 0 aromatic heterocycles. The van der Waals surface area contributed by atoms with Crippen LogP contribution in [0.3, 0.4) is 0 Å². The van der Waals surface area contributed by atoms with Crippen LogP contribution in [0.1, 0.15) is 6.92 Å². The number of primary amides is 1. The van der Waals surface area contributed by atoms with Crippen LogP contribution in [0.5, 0.6) is 0 Å². The summed E-state index contributed by atoms with van der Waals surface area (Å²) in [6.07, 6.45) is 0. The van der Waals surface area contributed by atoms with Crippen molar-refractivity contribution in [1.82, 2.24) is 5.32 Å². The van der Waals surface area contributed by atoms with Crippen molar-refractivity contribution in [3.8, 4) is 0 Å². The number of amides is 3. The first-order chi connectivity index (χ1) is 7.90. The number of rotatable bonds is 3. The van der Waals surface area contributed by atoms with Crippen molar-refractivity contribution in [3.05, 3.63) is 28.2 Å². The van der Waals surface area contributed by atoms with Gasteiger partial charge in [-0.05, 0) is 25.1 Å². The average molecular weight is 276 g/mol. The van der Waals surface area contributed by atoms with E-state index in [1.807, 2.05) is 5.32 Å². The lowest BCUT2D eigenvalue weighted by Crippen LogP contribution is -2.43. The van der Waals surface area contributed by atoms with Gasteiger partial charge in [0.1, 0.15) is 6.04 Å². The second kappa shape index (κ2) is 5.75. The average Bonchev–Trinajstić information content (AvgIpc) is 2.22. The Kier molecular flexibility index (Phi) is 4.60. The Bertz CT molecular complexity index is 451. The van der Waals surface area contributed by atoms with E-state index in [4.69, 9.17) is 28.9 Å². The number of urea groups is 1. The number of imide groups is 1. The molecule has 1 aromatic rings. The molecule has 0 radical (unpaired) electrons. The Morgan fingerprint density at radius 1 is 1.35 bits per heavy atom. The standard InChI is InChI=1S/C10H11Cl2N3O2/c1-5(9(16)15-10(13)17)14-8-4-6(11)2-3-7(8)12/h2-5,14H,1H3,(H3,13,15,16,17). The molecular weight excluding hydrogens is 265 g/mol. The molecule has 3 amide bonds. The van der Waals surface area contributed by atoms with E-state index >= 15 is 0 Å². The fourth-order valence-electron chi connectivity index (χ4n) is 1.14. The smallest absolute Gasteiger partial charge is 0.318 e. The number of nitrogens with two attached hydrogens (primary N) is 1. The quantitative estimate of drug-likeness (QED) is 0.789. The van der Waals surface area contributed by atoms with Gasteiger partial charge in [-0.1, -0.05) is 23.2 Å². The number of anilines is 1. The van der Waals surface area contributed by atoms with E-state index in [1.54, 1.807) is 25.1 Å². The minimum Gasteiger partial charge on any atom is -0.373 e. The summed E-state index contributed by atoms with van der Waals surface area (Å²) in [6.45, 7) is 1.56. The van der Waals surface area contributed by atoms with E-state index < -0.39 is 18.0 Å². The third-order valence-corrected chi connectivity index (χ3v) is 2.50. The van der Waals surface area contributed by atoms with Gasteiger partial charge < -0.3 is 11.1 Å². The second-order valence-electron chi connectivity index (χ2n) is 3.34. The van der Waals surface area contributed by atoms with Crippen LogP contribution in [-0.4, -0.2) is 18.0 Å². The minimum atomic E-state index is -0.902. The van der Waals surface area contributed by atoms with Crippen LogP contribution in [0, 0.1) is 0 Å². The molecule has 0 saturated carbocycles. The van der Waals surface area contributed by atoms with Gasteiger partial charge in [-0.3, -0.25) is 10.1 Å². The van der Waals surface area contributed by atoms with E-state index in [1.165, 1.54) is 0 Å². The SMILES string of the molecule is CC(Nc1cc(Cl)ccc1Cl)C(=O)NC(N)=O. The van der Waals surface area contributed by atoms with E-state index in [2.05, 4.69) is 5.32 Å². The molecule has 1 rings (SSSR count). The molecule has 0 spiro atoms. The molecule has 0 saturated heterocycles. The maximum absolute atomic E-state index is 11.4. The zero-order chi connectivity index (χ0) is 13.0. The Morgan fingerprint density at radius 2 is 2.00 bits per heavy atom. The van der Waals surface area contributed by atoms with Crippen molar-refractivity contribution < 1.29 is 9.59 Å². The highest BCUT2D eigenvalue weighted by Crippen LogP contribution is 2.25. The highest BCUT2D eigenvalue weighted by atomic mass is 35.5. The van der Waals surface area contributed by atoms with Crippen molar-refractivity contribution in [1.29, 1.82) is 0 Å². The van der Waals surface area contributed by atoms with Crippen molar-refractivity contribution >= 4 is 40.8 Å². The predicted molar refractivity (Wildman–Crippen MR) is 67.3 cm³/mol. The van der Waals surface area contributed by atoms with Gasteiger partial charge >= 0.3 is 6.03 Å². The molecule has 0 aliphatic rings. The molecule has 7 heteroatoms. The van der Waals surface area contributed by atoms with Crippen LogP contribution in [0.4, 0.5) is 10.5 Å². The first kappa shape index (κ1) is 13.6. The van der Waals surface area contributed by atoms with Gasteiger partial charge in [-0.25, -0.2) is 4.79 Å². The Morgan fingerprint density at radius 3 is 2.59 bits per heavy atom. The summed E-state index contributed by atoms with van der Waals surface area (Å²) in [5.41, 5.74) is 5.34. The van der Waals surface area contributed by atoms with Crippen molar-refractivity contribution in [3.63, 3.8) is 0 Å². The Balaban J connectivity index is 2.73. The largest absolute Gasteiger partial charge is 0.373 e. The van der Waals surface area contributed by atoms with Crippen molar-refractivity contribution in [2.45, 2.75) is 13.0 Å². The van der Waals surface area contributed by atoms with Gasteiger partial charge in [0.15, 0.2) is 0 Å². The molecule has 4 N–H and O–H groups in total. The lowest BCUT2D eigenvalue weighted by atomic mass is 10.2.